The van der Waals surface area contributed by atoms with Crippen molar-refractivity contribution in [1.82, 2.24) is 0 Å². The summed E-state index contributed by atoms with van der Waals surface area (Å²) in [5, 5.41) is 0. The van der Waals surface area contributed by atoms with Crippen LogP contribution in [0.1, 0.15) is 5.56 Å². The van der Waals surface area contributed by atoms with E-state index in [2.05, 4.69) is 4.74 Å². The standard InChI is InChI=1S/C10H8F2O3/c1-15-10(14)9(13)5-6-4-7(11)2-3-8(6)12/h2-4H,5H2,1H3. The monoisotopic (exact) mass is 214 g/mol. The van der Waals surface area contributed by atoms with Crippen molar-refractivity contribution in [3.8, 4) is 0 Å². The number of Topliss-reactive ketones (excluding diaryl/α,β-unsaturated/α-hetero) is 1. The van der Waals surface area contributed by atoms with Crippen molar-refractivity contribution < 1.29 is 23.1 Å². The lowest BCUT2D eigenvalue weighted by molar-refractivity contribution is -0.151. The lowest BCUT2D eigenvalue weighted by Crippen LogP contribution is -2.18. The molecule has 1 rings (SSSR count). The summed E-state index contributed by atoms with van der Waals surface area (Å²) in [5.74, 6) is -3.38. The van der Waals surface area contributed by atoms with Crippen LogP contribution in [0.5, 0.6) is 0 Å². The highest BCUT2D eigenvalue weighted by molar-refractivity contribution is 6.34. The Bertz CT molecular complexity index is 402. The molecule has 0 aromatic heterocycles. The maximum absolute atomic E-state index is 13.0. The van der Waals surface area contributed by atoms with E-state index in [1.165, 1.54) is 0 Å². The smallest absolute Gasteiger partial charge is 0.374 e. The molecule has 0 unspecified atom stereocenters. The fourth-order valence-corrected chi connectivity index (χ4v) is 1.04. The van der Waals surface area contributed by atoms with Crippen LogP contribution in [0, 0.1) is 11.6 Å². The fourth-order valence-electron chi connectivity index (χ4n) is 1.04. The fraction of sp³-hybridized carbons (Fsp3) is 0.200. The Labute approximate surface area is 84.7 Å². The van der Waals surface area contributed by atoms with E-state index in [1.54, 1.807) is 0 Å². The third-order valence-electron chi connectivity index (χ3n) is 1.77. The molecule has 80 valence electrons. The van der Waals surface area contributed by atoms with Crippen molar-refractivity contribution in [2.24, 2.45) is 0 Å². The van der Waals surface area contributed by atoms with Crippen molar-refractivity contribution in [2.75, 3.05) is 7.11 Å². The van der Waals surface area contributed by atoms with Gasteiger partial charge in [-0.3, -0.25) is 4.79 Å². The Morgan fingerprint density at radius 1 is 1.33 bits per heavy atom. The van der Waals surface area contributed by atoms with Gasteiger partial charge in [0.1, 0.15) is 11.6 Å². The van der Waals surface area contributed by atoms with E-state index in [1.807, 2.05) is 0 Å². The SMILES string of the molecule is COC(=O)C(=O)Cc1cc(F)ccc1F. The number of methoxy groups -OCH3 is 1. The molecular formula is C10H8F2O3. The van der Waals surface area contributed by atoms with Gasteiger partial charge in [-0.15, -0.1) is 0 Å². The van der Waals surface area contributed by atoms with Gasteiger partial charge >= 0.3 is 5.97 Å². The predicted molar refractivity (Wildman–Crippen MR) is 47.1 cm³/mol. The van der Waals surface area contributed by atoms with Crippen LogP contribution < -0.4 is 0 Å². The minimum atomic E-state index is -1.07. The largest absolute Gasteiger partial charge is 0.463 e. The number of rotatable bonds is 3. The number of hydrogen-bond donors (Lipinski definition) is 0. The number of ketones is 1. The van der Waals surface area contributed by atoms with E-state index in [-0.39, 0.29) is 5.56 Å². The molecule has 5 heteroatoms. The minimum Gasteiger partial charge on any atom is -0.463 e. The summed E-state index contributed by atoms with van der Waals surface area (Å²) in [6.45, 7) is 0. The molecule has 3 nitrogen and oxygen atoms in total. The molecule has 0 heterocycles. The Morgan fingerprint density at radius 2 is 2.00 bits per heavy atom. The molecule has 0 radical (unpaired) electrons. The van der Waals surface area contributed by atoms with Gasteiger partial charge in [0, 0.05) is 6.42 Å². The van der Waals surface area contributed by atoms with E-state index < -0.39 is 29.8 Å². The molecule has 15 heavy (non-hydrogen) atoms. The number of benzene rings is 1. The zero-order valence-electron chi connectivity index (χ0n) is 7.92. The molecule has 0 saturated carbocycles. The van der Waals surface area contributed by atoms with Gasteiger partial charge in [0.2, 0.25) is 5.78 Å². The molecule has 0 aliphatic carbocycles. The third kappa shape index (κ3) is 2.83. The summed E-state index contributed by atoms with van der Waals surface area (Å²) < 4.78 is 29.9. The van der Waals surface area contributed by atoms with E-state index in [9.17, 15) is 18.4 Å². The molecule has 0 N–H and O–H groups in total. The summed E-state index contributed by atoms with van der Waals surface area (Å²) in [5.41, 5.74) is -0.162. The third-order valence-corrected chi connectivity index (χ3v) is 1.77. The van der Waals surface area contributed by atoms with Crippen molar-refractivity contribution in [2.45, 2.75) is 6.42 Å². The van der Waals surface area contributed by atoms with Gasteiger partial charge in [0.25, 0.3) is 0 Å². The first-order valence-electron chi connectivity index (χ1n) is 4.09. The highest BCUT2D eigenvalue weighted by Gasteiger charge is 2.16. The van der Waals surface area contributed by atoms with E-state index in [4.69, 9.17) is 0 Å². The van der Waals surface area contributed by atoms with Gasteiger partial charge in [0.05, 0.1) is 7.11 Å². The lowest BCUT2D eigenvalue weighted by atomic mass is 10.1. The van der Waals surface area contributed by atoms with Crippen LogP contribution >= 0.6 is 0 Å². The summed E-state index contributed by atoms with van der Waals surface area (Å²) in [7, 11) is 1.04. The number of hydrogen-bond acceptors (Lipinski definition) is 3. The Balaban J connectivity index is 2.85. The quantitative estimate of drug-likeness (QED) is 0.561. The van der Waals surface area contributed by atoms with E-state index in [0.717, 1.165) is 25.3 Å². The van der Waals surface area contributed by atoms with Crippen molar-refractivity contribution in [1.29, 1.82) is 0 Å². The van der Waals surface area contributed by atoms with Gasteiger partial charge in [-0.05, 0) is 23.8 Å². The van der Waals surface area contributed by atoms with E-state index in [0.29, 0.717) is 0 Å². The van der Waals surface area contributed by atoms with Gasteiger partial charge in [-0.2, -0.15) is 0 Å². The summed E-state index contributed by atoms with van der Waals surface area (Å²) >= 11 is 0. The molecular weight excluding hydrogens is 206 g/mol. The molecule has 0 amide bonds. The van der Waals surface area contributed by atoms with Crippen molar-refractivity contribution in [3.63, 3.8) is 0 Å². The first-order valence-corrected chi connectivity index (χ1v) is 4.09. The number of carbonyl (C=O) groups is 2. The second kappa shape index (κ2) is 4.63. The molecule has 0 aliphatic heterocycles. The summed E-state index contributed by atoms with van der Waals surface area (Å²) in [6.07, 6.45) is -0.504. The zero-order chi connectivity index (χ0) is 11.4. The first-order chi connectivity index (χ1) is 7.04. The molecule has 0 atom stereocenters. The second-order valence-electron chi connectivity index (χ2n) is 2.83. The summed E-state index contributed by atoms with van der Waals surface area (Å²) in [4.78, 5) is 21.8. The predicted octanol–water partition coefficient (Wildman–Crippen LogP) is 1.25. The van der Waals surface area contributed by atoms with Crippen LogP contribution in [0.25, 0.3) is 0 Å². The molecule has 0 bridgehead atoms. The first kappa shape index (κ1) is 11.3. The average molecular weight is 214 g/mol. The molecule has 0 fully saturated rings. The van der Waals surface area contributed by atoms with Crippen LogP contribution in [-0.2, 0) is 20.7 Å². The lowest BCUT2D eigenvalue weighted by Gasteiger charge is -2.01. The highest BCUT2D eigenvalue weighted by atomic mass is 19.1. The van der Waals surface area contributed by atoms with Crippen LogP contribution in [0.4, 0.5) is 8.78 Å². The Morgan fingerprint density at radius 3 is 2.60 bits per heavy atom. The Hall–Kier alpha value is -1.78. The topological polar surface area (TPSA) is 43.4 Å². The molecule has 1 aromatic rings. The molecule has 0 saturated heterocycles. The van der Waals surface area contributed by atoms with Crippen LogP contribution in [0.3, 0.4) is 0 Å². The Kier molecular flexibility index (Phi) is 3.49. The number of halogens is 2. The number of esters is 1. The zero-order valence-corrected chi connectivity index (χ0v) is 7.92. The summed E-state index contributed by atoms with van der Waals surface area (Å²) in [6, 6.07) is 2.70. The van der Waals surface area contributed by atoms with Gasteiger partial charge in [-0.25, -0.2) is 13.6 Å². The number of ether oxygens (including phenoxy) is 1. The second-order valence-corrected chi connectivity index (χ2v) is 2.83. The maximum atomic E-state index is 13.0. The average Bonchev–Trinajstić information content (AvgIpc) is 2.22. The molecule has 1 aromatic carbocycles. The van der Waals surface area contributed by atoms with Crippen LogP contribution in [0.2, 0.25) is 0 Å². The van der Waals surface area contributed by atoms with Crippen molar-refractivity contribution in [3.05, 3.63) is 35.4 Å². The maximum Gasteiger partial charge on any atom is 0.374 e. The van der Waals surface area contributed by atoms with Gasteiger partial charge < -0.3 is 4.74 Å². The molecule has 0 aliphatic rings. The van der Waals surface area contributed by atoms with Gasteiger partial charge in [0.15, 0.2) is 0 Å². The van der Waals surface area contributed by atoms with E-state index >= 15 is 0 Å². The normalized spacial score (nSPS) is 9.80. The van der Waals surface area contributed by atoms with Crippen molar-refractivity contribution >= 4 is 11.8 Å². The minimum absolute atomic E-state index is 0.162. The van der Waals surface area contributed by atoms with Crippen LogP contribution in [-0.4, -0.2) is 18.9 Å². The van der Waals surface area contributed by atoms with Gasteiger partial charge in [-0.1, -0.05) is 0 Å². The molecule has 0 spiro atoms. The number of carbonyl (C=O) groups excluding carboxylic acids is 2. The van der Waals surface area contributed by atoms with Crippen LogP contribution in [0.15, 0.2) is 18.2 Å². The highest BCUT2D eigenvalue weighted by Crippen LogP contribution is 2.10.